The molecule has 0 saturated carbocycles. The van der Waals surface area contributed by atoms with Gasteiger partial charge in [0, 0.05) is 37.7 Å². The molecule has 1 N–H and O–H groups in total. The number of carbonyl (C=O) groups is 1. The van der Waals surface area contributed by atoms with Gasteiger partial charge < -0.3 is 14.8 Å². The number of nitrogens with one attached hydrogen (secondary N) is 1. The molecule has 1 saturated heterocycles. The monoisotopic (exact) mass is 404 g/mol. The predicted octanol–water partition coefficient (Wildman–Crippen LogP) is 3.63. The first-order valence-corrected chi connectivity index (χ1v) is 10.9. The first-order chi connectivity index (χ1) is 14.6. The molecule has 0 bridgehead atoms. The van der Waals surface area contributed by atoms with E-state index in [2.05, 4.69) is 44.7 Å². The van der Waals surface area contributed by atoms with Crippen LogP contribution in [0.4, 0.5) is 11.5 Å². The Morgan fingerprint density at radius 2 is 1.80 bits per heavy atom. The van der Waals surface area contributed by atoms with Gasteiger partial charge in [-0.3, -0.25) is 4.79 Å². The standard InChI is InChI=1S/C23H28N6O/c1-15-11-16(2)13-18(12-15)26-23(30)17-6-9-28(10-7-17)21-20-22(25-14-24-21)29-8-4-3-5-19(29)27-20/h11-14,17H,3-10H2,1-2H3,(H,26,30). The Labute approximate surface area is 176 Å². The first-order valence-electron chi connectivity index (χ1n) is 10.9. The van der Waals surface area contributed by atoms with Gasteiger partial charge >= 0.3 is 0 Å². The summed E-state index contributed by atoms with van der Waals surface area (Å²) in [7, 11) is 0. The molecule has 0 unspecified atom stereocenters. The van der Waals surface area contributed by atoms with Gasteiger partial charge in [0.25, 0.3) is 0 Å². The number of imidazole rings is 1. The van der Waals surface area contributed by atoms with Crippen LogP contribution in [0.25, 0.3) is 11.2 Å². The van der Waals surface area contributed by atoms with Crippen molar-refractivity contribution >= 4 is 28.6 Å². The van der Waals surface area contributed by atoms with Gasteiger partial charge in [0.15, 0.2) is 17.0 Å². The van der Waals surface area contributed by atoms with Crippen LogP contribution in [0.15, 0.2) is 24.5 Å². The lowest BCUT2D eigenvalue weighted by Gasteiger charge is -2.32. The van der Waals surface area contributed by atoms with Crippen molar-refractivity contribution in [3.63, 3.8) is 0 Å². The molecule has 2 aliphatic rings. The smallest absolute Gasteiger partial charge is 0.227 e. The highest BCUT2D eigenvalue weighted by Gasteiger charge is 2.28. The summed E-state index contributed by atoms with van der Waals surface area (Å²) in [5, 5.41) is 3.11. The van der Waals surface area contributed by atoms with Crippen molar-refractivity contribution in [3.05, 3.63) is 41.5 Å². The highest BCUT2D eigenvalue weighted by Crippen LogP contribution is 2.30. The van der Waals surface area contributed by atoms with E-state index in [0.717, 1.165) is 78.5 Å². The molecule has 2 aliphatic heterocycles. The second-order valence-electron chi connectivity index (χ2n) is 8.63. The Balaban J connectivity index is 1.29. The van der Waals surface area contributed by atoms with Gasteiger partial charge in [-0.2, -0.15) is 0 Å². The lowest BCUT2D eigenvalue weighted by molar-refractivity contribution is -0.120. The van der Waals surface area contributed by atoms with Crippen LogP contribution >= 0.6 is 0 Å². The molecule has 4 heterocycles. The minimum atomic E-state index is 0.0228. The molecule has 156 valence electrons. The number of hydrogen-bond acceptors (Lipinski definition) is 5. The van der Waals surface area contributed by atoms with E-state index in [1.54, 1.807) is 6.33 Å². The molecule has 7 heteroatoms. The number of aryl methyl sites for hydroxylation is 4. The number of rotatable bonds is 3. The molecule has 1 fully saturated rings. The Morgan fingerprint density at radius 3 is 2.57 bits per heavy atom. The number of amides is 1. The lowest BCUT2D eigenvalue weighted by atomic mass is 9.95. The second-order valence-corrected chi connectivity index (χ2v) is 8.63. The number of aromatic nitrogens is 4. The fourth-order valence-corrected chi connectivity index (χ4v) is 4.82. The van der Waals surface area contributed by atoms with Gasteiger partial charge in [-0.25, -0.2) is 15.0 Å². The molecule has 0 radical (unpaired) electrons. The van der Waals surface area contributed by atoms with E-state index in [1.807, 2.05) is 12.1 Å². The minimum Gasteiger partial charge on any atom is -0.355 e. The van der Waals surface area contributed by atoms with Crippen LogP contribution in [-0.2, 0) is 17.8 Å². The summed E-state index contributed by atoms with van der Waals surface area (Å²) in [5.41, 5.74) is 5.07. The maximum atomic E-state index is 12.8. The minimum absolute atomic E-state index is 0.0228. The van der Waals surface area contributed by atoms with Gasteiger partial charge in [-0.15, -0.1) is 0 Å². The van der Waals surface area contributed by atoms with E-state index in [-0.39, 0.29) is 11.8 Å². The van der Waals surface area contributed by atoms with Gasteiger partial charge in [-0.05, 0) is 62.8 Å². The number of fused-ring (bicyclic) bond motifs is 3. The van der Waals surface area contributed by atoms with Crippen molar-refractivity contribution in [1.82, 2.24) is 19.5 Å². The zero-order valence-electron chi connectivity index (χ0n) is 17.7. The van der Waals surface area contributed by atoms with Crippen LogP contribution in [0.2, 0.25) is 0 Å². The summed E-state index contributed by atoms with van der Waals surface area (Å²) in [6.45, 7) is 6.70. The van der Waals surface area contributed by atoms with E-state index in [1.165, 1.54) is 12.8 Å². The van der Waals surface area contributed by atoms with E-state index in [4.69, 9.17) is 4.98 Å². The summed E-state index contributed by atoms with van der Waals surface area (Å²) in [5.74, 6) is 2.18. The summed E-state index contributed by atoms with van der Waals surface area (Å²) in [4.78, 5) is 29.0. The van der Waals surface area contributed by atoms with E-state index in [0.29, 0.717) is 0 Å². The van der Waals surface area contributed by atoms with E-state index < -0.39 is 0 Å². The maximum absolute atomic E-state index is 12.8. The van der Waals surface area contributed by atoms with E-state index >= 15 is 0 Å². The first kappa shape index (κ1) is 19.0. The Bertz CT molecular complexity index is 1080. The molecule has 30 heavy (non-hydrogen) atoms. The fraction of sp³-hybridized carbons (Fsp3) is 0.478. The van der Waals surface area contributed by atoms with Crippen LogP contribution in [0.1, 0.15) is 42.6 Å². The molecule has 0 aliphatic carbocycles. The Hall–Kier alpha value is -2.96. The van der Waals surface area contributed by atoms with Crippen LogP contribution in [0.3, 0.4) is 0 Å². The molecule has 2 aromatic heterocycles. The van der Waals surface area contributed by atoms with Crippen molar-refractivity contribution in [2.45, 2.75) is 52.5 Å². The zero-order valence-corrected chi connectivity index (χ0v) is 17.7. The Kier molecular flexibility index (Phi) is 4.89. The van der Waals surface area contributed by atoms with Crippen molar-refractivity contribution in [2.24, 2.45) is 5.92 Å². The zero-order chi connectivity index (χ0) is 20.7. The van der Waals surface area contributed by atoms with Gasteiger partial charge in [-0.1, -0.05) is 6.07 Å². The molecule has 1 aromatic carbocycles. The topological polar surface area (TPSA) is 75.9 Å². The molecule has 7 nitrogen and oxygen atoms in total. The normalized spacial score (nSPS) is 17.2. The Morgan fingerprint density at radius 1 is 1.03 bits per heavy atom. The van der Waals surface area contributed by atoms with Crippen molar-refractivity contribution < 1.29 is 4.79 Å². The third kappa shape index (κ3) is 3.53. The number of carbonyl (C=O) groups excluding carboxylic acids is 1. The number of benzene rings is 1. The van der Waals surface area contributed by atoms with Gasteiger partial charge in [0.05, 0.1) is 0 Å². The van der Waals surface area contributed by atoms with Gasteiger partial charge in [0.2, 0.25) is 5.91 Å². The van der Waals surface area contributed by atoms with Crippen molar-refractivity contribution in [3.8, 4) is 0 Å². The number of anilines is 2. The second kappa shape index (κ2) is 7.70. The molecule has 0 spiro atoms. The van der Waals surface area contributed by atoms with E-state index in [9.17, 15) is 4.79 Å². The number of hydrogen-bond donors (Lipinski definition) is 1. The molecule has 3 aromatic rings. The maximum Gasteiger partial charge on any atom is 0.227 e. The summed E-state index contributed by atoms with van der Waals surface area (Å²) < 4.78 is 2.24. The SMILES string of the molecule is Cc1cc(C)cc(NC(=O)C2CCN(c3ncnc4c3nc3n4CCCC3)CC2)c1. The fourth-order valence-electron chi connectivity index (χ4n) is 4.82. The molecule has 0 atom stereocenters. The number of nitrogens with zero attached hydrogens (tertiary/aromatic N) is 5. The third-order valence-corrected chi connectivity index (χ3v) is 6.28. The molecular formula is C23H28N6O. The van der Waals surface area contributed by atoms with Crippen molar-refractivity contribution in [2.75, 3.05) is 23.3 Å². The van der Waals surface area contributed by atoms with Crippen LogP contribution in [0.5, 0.6) is 0 Å². The predicted molar refractivity (Wildman–Crippen MR) is 118 cm³/mol. The van der Waals surface area contributed by atoms with Crippen LogP contribution in [0, 0.1) is 19.8 Å². The highest BCUT2D eigenvalue weighted by atomic mass is 16.1. The number of piperidine rings is 1. The summed E-state index contributed by atoms with van der Waals surface area (Å²) in [6, 6.07) is 6.17. The van der Waals surface area contributed by atoms with Crippen LogP contribution < -0.4 is 10.2 Å². The summed E-state index contributed by atoms with van der Waals surface area (Å²) in [6.07, 6.45) is 6.66. The lowest BCUT2D eigenvalue weighted by Crippen LogP contribution is -2.38. The summed E-state index contributed by atoms with van der Waals surface area (Å²) >= 11 is 0. The average Bonchev–Trinajstić information content (AvgIpc) is 3.12. The third-order valence-electron chi connectivity index (χ3n) is 6.28. The largest absolute Gasteiger partial charge is 0.355 e. The highest BCUT2D eigenvalue weighted by molar-refractivity contribution is 5.93. The quantitative estimate of drug-likeness (QED) is 0.721. The van der Waals surface area contributed by atoms with Crippen molar-refractivity contribution in [1.29, 1.82) is 0 Å². The molecular weight excluding hydrogens is 376 g/mol. The average molecular weight is 405 g/mol. The molecule has 1 amide bonds. The van der Waals surface area contributed by atoms with Gasteiger partial charge in [0.1, 0.15) is 12.2 Å². The van der Waals surface area contributed by atoms with Crippen LogP contribution in [-0.4, -0.2) is 38.5 Å². The molecule has 5 rings (SSSR count).